The molecule has 5 nitrogen and oxygen atoms in total. The molecule has 0 spiro atoms. The van der Waals surface area contributed by atoms with Crippen molar-refractivity contribution in [2.75, 3.05) is 19.6 Å². The molecule has 2 N–H and O–H groups in total. The number of thiophene rings is 1. The van der Waals surface area contributed by atoms with E-state index in [2.05, 4.69) is 33.9 Å². The molecule has 0 bridgehead atoms. The van der Waals surface area contributed by atoms with E-state index in [1.165, 1.54) is 22.5 Å². The monoisotopic (exact) mass is 366 g/mol. The van der Waals surface area contributed by atoms with E-state index >= 15 is 0 Å². The Balaban J connectivity index is 1.52. The Kier molecular flexibility index (Phi) is 4.86. The second-order valence-electron chi connectivity index (χ2n) is 6.56. The molecule has 0 aliphatic carbocycles. The summed E-state index contributed by atoms with van der Waals surface area (Å²) in [4.78, 5) is 14.4. The third kappa shape index (κ3) is 3.57. The topological polar surface area (TPSA) is 59.0 Å². The minimum absolute atomic E-state index is 0.00343. The second-order valence-corrected chi connectivity index (χ2v) is 7.59. The molecule has 134 valence electrons. The number of fused-ring (bicyclic) bond motifs is 1. The SMILES string of the molecule is Cc1nn(Cc2ccccc2)c2sc(C(=O)NCC3=CCNCC3)cc12. The zero-order valence-corrected chi connectivity index (χ0v) is 15.6. The van der Waals surface area contributed by atoms with Crippen LogP contribution in [0.1, 0.15) is 27.3 Å². The quantitative estimate of drug-likeness (QED) is 0.682. The molecule has 26 heavy (non-hydrogen) atoms. The molecule has 0 fully saturated rings. The summed E-state index contributed by atoms with van der Waals surface area (Å²) in [6.07, 6.45) is 3.16. The highest BCUT2D eigenvalue weighted by atomic mass is 32.1. The summed E-state index contributed by atoms with van der Waals surface area (Å²) in [5, 5.41) is 12.0. The van der Waals surface area contributed by atoms with Crippen molar-refractivity contribution in [3.8, 4) is 0 Å². The lowest BCUT2D eigenvalue weighted by Gasteiger charge is -2.14. The number of rotatable bonds is 5. The Morgan fingerprint density at radius 2 is 2.19 bits per heavy atom. The zero-order chi connectivity index (χ0) is 17.9. The van der Waals surface area contributed by atoms with Gasteiger partial charge in [-0.2, -0.15) is 5.10 Å². The molecular weight excluding hydrogens is 344 g/mol. The lowest BCUT2D eigenvalue weighted by molar-refractivity contribution is 0.0960. The van der Waals surface area contributed by atoms with Gasteiger partial charge in [-0.3, -0.25) is 9.48 Å². The number of nitrogens with zero attached hydrogens (tertiary/aromatic N) is 2. The first-order chi connectivity index (χ1) is 12.7. The molecule has 1 aliphatic rings. The molecule has 1 aromatic carbocycles. The van der Waals surface area contributed by atoms with Gasteiger partial charge in [-0.15, -0.1) is 11.3 Å². The van der Waals surface area contributed by atoms with Crippen molar-refractivity contribution >= 4 is 27.5 Å². The van der Waals surface area contributed by atoms with Crippen molar-refractivity contribution in [2.24, 2.45) is 0 Å². The van der Waals surface area contributed by atoms with Gasteiger partial charge in [0.25, 0.3) is 5.91 Å². The van der Waals surface area contributed by atoms with Crippen LogP contribution in [0, 0.1) is 6.92 Å². The van der Waals surface area contributed by atoms with Crippen LogP contribution in [0.2, 0.25) is 0 Å². The van der Waals surface area contributed by atoms with Gasteiger partial charge in [-0.25, -0.2) is 0 Å². The number of carbonyl (C=O) groups is 1. The van der Waals surface area contributed by atoms with E-state index in [0.717, 1.165) is 40.3 Å². The van der Waals surface area contributed by atoms with Crippen LogP contribution in [-0.2, 0) is 6.54 Å². The van der Waals surface area contributed by atoms with Gasteiger partial charge in [0.2, 0.25) is 0 Å². The fourth-order valence-corrected chi connectivity index (χ4v) is 4.28. The number of nitrogens with one attached hydrogen (secondary N) is 2. The molecule has 0 saturated heterocycles. The van der Waals surface area contributed by atoms with Crippen LogP contribution in [0.4, 0.5) is 0 Å². The Hall–Kier alpha value is -2.44. The highest BCUT2D eigenvalue weighted by Crippen LogP contribution is 2.28. The molecule has 6 heteroatoms. The predicted molar refractivity (Wildman–Crippen MR) is 106 cm³/mol. The summed E-state index contributed by atoms with van der Waals surface area (Å²) >= 11 is 1.52. The molecule has 0 atom stereocenters. The molecule has 1 amide bonds. The van der Waals surface area contributed by atoms with E-state index in [0.29, 0.717) is 13.1 Å². The predicted octanol–water partition coefficient (Wildman–Crippen LogP) is 3.10. The van der Waals surface area contributed by atoms with Crippen molar-refractivity contribution in [3.05, 3.63) is 64.2 Å². The Bertz CT molecular complexity index is 955. The van der Waals surface area contributed by atoms with Crippen LogP contribution in [0.5, 0.6) is 0 Å². The average Bonchev–Trinajstić information content (AvgIpc) is 3.23. The first-order valence-electron chi connectivity index (χ1n) is 8.88. The number of hydrogen-bond donors (Lipinski definition) is 2. The average molecular weight is 366 g/mol. The van der Waals surface area contributed by atoms with E-state index in [1.54, 1.807) is 0 Å². The maximum absolute atomic E-state index is 12.6. The van der Waals surface area contributed by atoms with Crippen molar-refractivity contribution in [1.29, 1.82) is 0 Å². The highest BCUT2D eigenvalue weighted by Gasteiger charge is 2.16. The molecule has 4 rings (SSSR count). The maximum Gasteiger partial charge on any atom is 0.261 e. The minimum atomic E-state index is -0.00343. The van der Waals surface area contributed by atoms with Gasteiger partial charge in [0.1, 0.15) is 4.83 Å². The lowest BCUT2D eigenvalue weighted by atomic mass is 10.1. The summed E-state index contributed by atoms with van der Waals surface area (Å²) in [6.45, 7) is 5.22. The van der Waals surface area contributed by atoms with Gasteiger partial charge in [-0.1, -0.05) is 42.0 Å². The fourth-order valence-electron chi connectivity index (χ4n) is 3.20. The highest BCUT2D eigenvalue weighted by molar-refractivity contribution is 7.20. The Morgan fingerprint density at radius 3 is 2.96 bits per heavy atom. The van der Waals surface area contributed by atoms with Crippen molar-refractivity contribution in [3.63, 3.8) is 0 Å². The van der Waals surface area contributed by atoms with Gasteiger partial charge in [0.15, 0.2) is 0 Å². The van der Waals surface area contributed by atoms with Crippen LogP contribution in [-0.4, -0.2) is 35.3 Å². The molecule has 2 aromatic heterocycles. The number of amides is 1. The smallest absolute Gasteiger partial charge is 0.261 e. The standard InChI is InChI=1S/C20H22N4OS/c1-14-17-11-18(19(25)22-12-15-7-9-21-10-8-15)26-20(17)24(23-14)13-16-5-3-2-4-6-16/h2-7,11,21H,8-10,12-13H2,1H3,(H,22,25). The molecule has 0 saturated carbocycles. The van der Waals surface area contributed by atoms with Crippen LogP contribution in [0.15, 0.2) is 48.0 Å². The second kappa shape index (κ2) is 7.43. The first-order valence-corrected chi connectivity index (χ1v) is 9.70. The van der Waals surface area contributed by atoms with E-state index in [4.69, 9.17) is 0 Å². The van der Waals surface area contributed by atoms with Gasteiger partial charge in [0, 0.05) is 18.5 Å². The summed E-state index contributed by atoms with van der Waals surface area (Å²) in [5.41, 5.74) is 3.46. The third-order valence-corrected chi connectivity index (χ3v) is 5.79. The number of hydrogen-bond acceptors (Lipinski definition) is 4. The molecule has 1 aliphatic heterocycles. The largest absolute Gasteiger partial charge is 0.348 e. The molecule has 3 aromatic rings. The van der Waals surface area contributed by atoms with Crippen molar-refractivity contribution in [1.82, 2.24) is 20.4 Å². The fraction of sp³-hybridized carbons (Fsp3) is 0.300. The van der Waals surface area contributed by atoms with Crippen LogP contribution >= 0.6 is 11.3 Å². The van der Waals surface area contributed by atoms with Gasteiger partial charge in [-0.05, 0) is 31.5 Å². The van der Waals surface area contributed by atoms with E-state index in [-0.39, 0.29) is 5.91 Å². The number of benzene rings is 1. The minimum Gasteiger partial charge on any atom is -0.348 e. The molecule has 0 radical (unpaired) electrons. The maximum atomic E-state index is 12.6. The van der Waals surface area contributed by atoms with Gasteiger partial charge < -0.3 is 10.6 Å². The zero-order valence-electron chi connectivity index (χ0n) is 14.8. The summed E-state index contributed by atoms with van der Waals surface area (Å²) in [6, 6.07) is 12.2. The first kappa shape index (κ1) is 17.0. The number of carbonyl (C=O) groups excluding carboxylic acids is 1. The molecule has 3 heterocycles. The summed E-state index contributed by atoms with van der Waals surface area (Å²) in [7, 11) is 0. The van der Waals surface area contributed by atoms with Gasteiger partial charge in [0.05, 0.1) is 17.1 Å². The summed E-state index contributed by atoms with van der Waals surface area (Å²) < 4.78 is 2.00. The Labute approximate surface area is 156 Å². The molecule has 0 unspecified atom stereocenters. The van der Waals surface area contributed by atoms with Crippen LogP contribution in [0.3, 0.4) is 0 Å². The normalized spacial score (nSPS) is 14.4. The van der Waals surface area contributed by atoms with Crippen LogP contribution < -0.4 is 10.6 Å². The third-order valence-electron chi connectivity index (χ3n) is 4.64. The van der Waals surface area contributed by atoms with E-state index in [9.17, 15) is 4.79 Å². The molecular formula is C20H22N4OS. The van der Waals surface area contributed by atoms with E-state index < -0.39 is 0 Å². The lowest BCUT2D eigenvalue weighted by Crippen LogP contribution is -2.29. The number of aryl methyl sites for hydroxylation is 1. The van der Waals surface area contributed by atoms with Gasteiger partial charge >= 0.3 is 0 Å². The van der Waals surface area contributed by atoms with Crippen LogP contribution in [0.25, 0.3) is 10.2 Å². The van der Waals surface area contributed by atoms with Crippen molar-refractivity contribution in [2.45, 2.75) is 19.9 Å². The number of aromatic nitrogens is 2. The Morgan fingerprint density at radius 1 is 1.35 bits per heavy atom. The van der Waals surface area contributed by atoms with Crippen molar-refractivity contribution < 1.29 is 4.79 Å². The van der Waals surface area contributed by atoms with E-state index in [1.807, 2.05) is 35.9 Å². The summed E-state index contributed by atoms with van der Waals surface area (Å²) in [5.74, 6) is -0.00343.